The number of hydrogen-bond donors (Lipinski definition) is 2. The molecule has 4 nitrogen and oxygen atoms in total. The zero-order valence-corrected chi connectivity index (χ0v) is 14.2. The Morgan fingerprint density at radius 3 is 2.14 bits per heavy atom. The van der Waals surface area contributed by atoms with Gasteiger partial charge in [-0.3, -0.25) is 0 Å². The maximum absolute atomic E-state index is 12.8. The van der Waals surface area contributed by atoms with Crippen LogP contribution in [0.3, 0.4) is 0 Å². The highest BCUT2D eigenvalue weighted by Crippen LogP contribution is 2.37. The van der Waals surface area contributed by atoms with E-state index in [1.54, 1.807) is 0 Å². The summed E-state index contributed by atoms with van der Waals surface area (Å²) in [6, 6.07) is 0.264. The molecule has 0 unspecified atom stereocenters. The number of hydrogen-bond acceptors (Lipinski definition) is 2. The van der Waals surface area contributed by atoms with Crippen molar-refractivity contribution < 1.29 is 4.79 Å². The highest BCUT2D eigenvalue weighted by Gasteiger charge is 2.46. The number of piperidine rings is 1. The molecule has 1 aliphatic carbocycles. The Morgan fingerprint density at radius 1 is 1.10 bits per heavy atom. The van der Waals surface area contributed by atoms with Crippen LogP contribution in [0.1, 0.15) is 72.6 Å². The predicted octanol–water partition coefficient (Wildman–Crippen LogP) is 3.26. The van der Waals surface area contributed by atoms with Gasteiger partial charge in [-0.1, -0.05) is 19.3 Å². The molecule has 1 saturated carbocycles. The summed E-state index contributed by atoms with van der Waals surface area (Å²) < 4.78 is 0. The Hall–Kier alpha value is -0.770. The number of rotatable bonds is 2. The van der Waals surface area contributed by atoms with Gasteiger partial charge in [0, 0.05) is 23.7 Å². The fraction of sp³-hybridized carbons (Fsp3) is 0.941. The molecule has 0 aromatic heterocycles. The fourth-order valence-corrected chi connectivity index (χ4v) is 4.61. The third-order valence-electron chi connectivity index (χ3n) is 5.20. The summed E-state index contributed by atoms with van der Waals surface area (Å²) in [5, 5.41) is 3.19. The average Bonchev–Trinajstić information content (AvgIpc) is 2.34. The summed E-state index contributed by atoms with van der Waals surface area (Å²) in [5.41, 5.74) is 5.82. The van der Waals surface area contributed by atoms with Gasteiger partial charge in [0.05, 0.1) is 0 Å². The number of nitrogens with two attached hydrogens (primary N) is 1. The van der Waals surface area contributed by atoms with Gasteiger partial charge in [-0.2, -0.15) is 0 Å². The molecule has 1 aliphatic heterocycles. The maximum Gasteiger partial charge on any atom is 0.318 e. The summed E-state index contributed by atoms with van der Waals surface area (Å²) >= 11 is 0. The summed E-state index contributed by atoms with van der Waals surface area (Å²) in [6.07, 6.45) is 8.25. The lowest BCUT2D eigenvalue weighted by Crippen LogP contribution is -2.67. The lowest BCUT2D eigenvalue weighted by Gasteiger charge is -2.54. The molecular formula is C17H33N3O. The van der Waals surface area contributed by atoms with E-state index in [2.05, 4.69) is 33.0 Å². The zero-order chi connectivity index (χ0) is 15.7. The van der Waals surface area contributed by atoms with Crippen molar-refractivity contribution in [3.63, 3.8) is 0 Å². The van der Waals surface area contributed by atoms with Crippen LogP contribution in [0, 0.1) is 5.92 Å². The number of amides is 2. The van der Waals surface area contributed by atoms with Crippen molar-refractivity contribution in [1.29, 1.82) is 0 Å². The molecule has 3 N–H and O–H groups in total. The Morgan fingerprint density at radius 2 is 1.62 bits per heavy atom. The van der Waals surface area contributed by atoms with Crippen LogP contribution in [0.25, 0.3) is 0 Å². The molecule has 122 valence electrons. The first-order valence-electron chi connectivity index (χ1n) is 8.56. The van der Waals surface area contributed by atoms with Crippen molar-refractivity contribution >= 4 is 6.03 Å². The van der Waals surface area contributed by atoms with Crippen LogP contribution in [-0.4, -0.2) is 34.6 Å². The van der Waals surface area contributed by atoms with E-state index in [4.69, 9.17) is 5.73 Å². The van der Waals surface area contributed by atoms with Crippen LogP contribution >= 0.6 is 0 Å². The van der Waals surface area contributed by atoms with Crippen molar-refractivity contribution in [3.05, 3.63) is 0 Å². The van der Waals surface area contributed by atoms with E-state index in [1.165, 1.54) is 32.1 Å². The SMILES string of the molecule is CC1(C)CC(N)CC(C)(C)N1C(=O)NCC1CCCCC1. The molecular weight excluding hydrogens is 262 g/mol. The van der Waals surface area contributed by atoms with Crippen LogP contribution < -0.4 is 11.1 Å². The Balaban J connectivity index is 1.98. The minimum absolute atomic E-state index is 0.0856. The Labute approximate surface area is 129 Å². The standard InChI is InChI=1S/C17H33N3O/c1-16(2)10-14(18)11-17(3,4)20(16)15(21)19-12-13-8-6-5-7-9-13/h13-14H,5-12,18H2,1-4H3,(H,19,21). The van der Waals surface area contributed by atoms with E-state index < -0.39 is 0 Å². The summed E-state index contributed by atoms with van der Waals surface area (Å²) in [6.45, 7) is 9.36. The van der Waals surface area contributed by atoms with E-state index in [-0.39, 0.29) is 23.2 Å². The van der Waals surface area contributed by atoms with Gasteiger partial charge in [0.2, 0.25) is 0 Å². The fourth-order valence-electron chi connectivity index (χ4n) is 4.61. The van der Waals surface area contributed by atoms with Crippen LogP contribution in [0.15, 0.2) is 0 Å². The highest BCUT2D eigenvalue weighted by molar-refractivity contribution is 5.76. The second-order valence-electron chi connectivity index (χ2n) is 8.32. The predicted molar refractivity (Wildman–Crippen MR) is 87.2 cm³/mol. The van der Waals surface area contributed by atoms with E-state index in [1.807, 2.05) is 4.90 Å². The monoisotopic (exact) mass is 295 g/mol. The molecule has 0 aromatic rings. The van der Waals surface area contributed by atoms with Crippen molar-refractivity contribution in [3.8, 4) is 0 Å². The zero-order valence-electron chi connectivity index (χ0n) is 14.2. The van der Waals surface area contributed by atoms with Crippen LogP contribution in [0.2, 0.25) is 0 Å². The number of carbonyl (C=O) groups is 1. The van der Waals surface area contributed by atoms with Gasteiger partial charge in [0.25, 0.3) is 0 Å². The number of urea groups is 1. The second-order valence-corrected chi connectivity index (χ2v) is 8.32. The Bertz CT molecular complexity index is 354. The normalized spacial score (nSPS) is 26.6. The summed E-state index contributed by atoms with van der Waals surface area (Å²) in [7, 11) is 0. The first kappa shape index (κ1) is 16.6. The number of nitrogens with zero attached hydrogens (tertiary/aromatic N) is 1. The topological polar surface area (TPSA) is 58.4 Å². The van der Waals surface area contributed by atoms with Gasteiger partial charge < -0.3 is 16.0 Å². The summed E-state index contributed by atoms with van der Waals surface area (Å²) in [5.74, 6) is 0.668. The van der Waals surface area contributed by atoms with Gasteiger partial charge in [-0.05, 0) is 59.3 Å². The van der Waals surface area contributed by atoms with E-state index in [9.17, 15) is 4.79 Å². The van der Waals surface area contributed by atoms with E-state index in [0.717, 1.165) is 19.4 Å². The molecule has 21 heavy (non-hydrogen) atoms. The highest BCUT2D eigenvalue weighted by atomic mass is 16.2. The number of likely N-dealkylation sites (tertiary alicyclic amines) is 1. The third kappa shape index (κ3) is 3.91. The van der Waals surface area contributed by atoms with Crippen molar-refractivity contribution in [1.82, 2.24) is 10.2 Å². The average molecular weight is 295 g/mol. The minimum atomic E-state index is -0.183. The quantitative estimate of drug-likeness (QED) is 0.821. The molecule has 0 aromatic carbocycles. The molecule has 2 fully saturated rings. The smallest absolute Gasteiger partial charge is 0.318 e. The van der Waals surface area contributed by atoms with E-state index in [0.29, 0.717) is 5.92 Å². The molecule has 0 bridgehead atoms. The van der Waals surface area contributed by atoms with Gasteiger partial charge >= 0.3 is 6.03 Å². The number of nitrogens with one attached hydrogen (secondary N) is 1. The number of carbonyl (C=O) groups excluding carboxylic acids is 1. The minimum Gasteiger partial charge on any atom is -0.338 e. The van der Waals surface area contributed by atoms with Gasteiger partial charge in [-0.25, -0.2) is 4.79 Å². The van der Waals surface area contributed by atoms with Crippen LogP contribution in [0.5, 0.6) is 0 Å². The molecule has 4 heteroatoms. The molecule has 1 saturated heterocycles. The first-order valence-corrected chi connectivity index (χ1v) is 8.56. The lowest BCUT2D eigenvalue weighted by molar-refractivity contribution is 0.00270. The molecule has 0 spiro atoms. The molecule has 1 heterocycles. The van der Waals surface area contributed by atoms with Crippen molar-refractivity contribution in [2.75, 3.05) is 6.54 Å². The van der Waals surface area contributed by atoms with Gasteiger partial charge in [0.1, 0.15) is 0 Å². The van der Waals surface area contributed by atoms with E-state index >= 15 is 0 Å². The first-order chi connectivity index (χ1) is 9.72. The van der Waals surface area contributed by atoms with Crippen molar-refractivity contribution in [2.45, 2.75) is 89.8 Å². The molecule has 0 radical (unpaired) electrons. The molecule has 2 amide bonds. The third-order valence-corrected chi connectivity index (χ3v) is 5.20. The van der Waals surface area contributed by atoms with Gasteiger partial charge in [-0.15, -0.1) is 0 Å². The van der Waals surface area contributed by atoms with Crippen molar-refractivity contribution in [2.24, 2.45) is 11.7 Å². The molecule has 2 rings (SSSR count). The maximum atomic E-state index is 12.8. The van der Waals surface area contributed by atoms with Gasteiger partial charge in [0.15, 0.2) is 0 Å². The lowest BCUT2D eigenvalue weighted by atomic mass is 9.77. The largest absolute Gasteiger partial charge is 0.338 e. The summed E-state index contributed by atoms with van der Waals surface area (Å²) in [4.78, 5) is 14.8. The second kappa shape index (κ2) is 6.15. The molecule has 2 aliphatic rings. The van der Waals surface area contributed by atoms with Crippen LogP contribution in [-0.2, 0) is 0 Å². The molecule has 0 atom stereocenters. The Kier molecular flexibility index (Phi) is 4.86. The van der Waals surface area contributed by atoms with Crippen LogP contribution in [0.4, 0.5) is 4.79 Å².